The van der Waals surface area contributed by atoms with E-state index in [1.807, 2.05) is 53.3 Å². The molecule has 8 heteroatoms. The van der Waals surface area contributed by atoms with Gasteiger partial charge in [-0.15, -0.1) is 48.0 Å². The summed E-state index contributed by atoms with van der Waals surface area (Å²) in [6.45, 7) is 21.1. The Morgan fingerprint density at radius 1 is 1.00 bits per heavy atom. The molecule has 1 N–H and O–H groups in total. The van der Waals surface area contributed by atoms with Gasteiger partial charge in [0.1, 0.15) is 12.1 Å². The number of rotatable bonds is 9. The second-order valence-corrected chi connectivity index (χ2v) is 16.7. The summed E-state index contributed by atoms with van der Waals surface area (Å²) in [5.74, 6) is 1.91. The van der Waals surface area contributed by atoms with Crippen LogP contribution in [0, 0.1) is 16.9 Å². The van der Waals surface area contributed by atoms with Crippen molar-refractivity contribution in [2.24, 2.45) is 10.8 Å². The first-order chi connectivity index (χ1) is 22.1. The smallest absolute Gasteiger partial charge is 0.164 e. The summed E-state index contributed by atoms with van der Waals surface area (Å²) in [5, 5.41) is 13.4. The topological polar surface area (TPSA) is 63.1 Å². The maximum atomic E-state index is 12.2. The van der Waals surface area contributed by atoms with Gasteiger partial charge in [-0.1, -0.05) is 92.5 Å². The molecule has 4 aromatic rings. The van der Waals surface area contributed by atoms with Gasteiger partial charge < -0.3 is 5.11 Å². The van der Waals surface area contributed by atoms with Gasteiger partial charge in [-0.25, -0.2) is 4.98 Å². The van der Waals surface area contributed by atoms with Crippen LogP contribution in [0.15, 0.2) is 63.7 Å². The van der Waals surface area contributed by atoms with Crippen LogP contribution in [0.25, 0.3) is 32.6 Å². The Morgan fingerprint density at radius 3 is 2.23 bits per heavy atom. The van der Waals surface area contributed by atoms with Crippen molar-refractivity contribution in [1.29, 1.82) is 0 Å². The predicted octanol–water partition coefficient (Wildman–Crippen LogP) is 12.3. The Hall–Kier alpha value is -1.96. The van der Waals surface area contributed by atoms with E-state index in [4.69, 9.17) is 12.6 Å². The summed E-state index contributed by atoms with van der Waals surface area (Å²) >= 11 is 8.64. The number of fused-ring (bicyclic) bond motifs is 2. The number of allylic oxidation sites excluding steroid dienone is 2. The molecule has 0 saturated carbocycles. The van der Waals surface area contributed by atoms with Crippen molar-refractivity contribution in [3.8, 4) is 22.5 Å². The quantitative estimate of drug-likeness (QED) is 0.0759. The summed E-state index contributed by atoms with van der Waals surface area (Å²) in [5.41, 5.74) is 6.04. The third-order valence-corrected chi connectivity index (χ3v) is 13.0. The van der Waals surface area contributed by atoms with Crippen LogP contribution >= 0.6 is 35.7 Å². The second-order valence-electron chi connectivity index (χ2n) is 14.3. The fraction of sp³-hybridized carbons (Fsp3) is 0.475. The van der Waals surface area contributed by atoms with E-state index in [1.54, 1.807) is 17.7 Å². The molecule has 0 spiro atoms. The first-order valence-electron chi connectivity index (χ1n) is 16.8. The number of hydrogen-bond acceptors (Lipinski definition) is 7. The van der Waals surface area contributed by atoms with Gasteiger partial charge in [-0.05, 0) is 58.7 Å². The number of carbonyl (C=O) groups is 1. The van der Waals surface area contributed by atoms with Crippen molar-refractivity contribution in [3.63, 3.8) is 0 Å². The summed E-state index contributed by atoms with van der Waals surface area (Å²) in [7, 11) is 0. The van der Waals surface area contributed by atoms with E-state index in [9.17, 15) is 9.90 Å². The zero-order valence-corrected chi connectivity index (χ0v) is 35.0. The van der Waals surface area contributed by atoms with Crippen molar-refractivity contribution in [2.75, 3.05) is 5.75 Å². The molecule has 2 aromatic heterocycles. The van der Waals surface area contributed by atoms with Crippen molar-refractivity contribution < 1.29 is 30.0 Å². The predicted molar refractivity (Wildman–Crippen MR) is 205 cm³/mol. The van der Waals surface area contributed by atoms with Crippen LogP contribution in [0.5, 0.6) is 0 Å². The number of aliphatic hydroxyl groups is 1. The fourth-order valence-corrected chi connectivity index (χ4v) is 8.50. The van der Waals surface area contributed by atoms with Crippen molar-refractivity contribution >= 4 is 51.6 Å². The van der Waals surface area contributed by atoms with E-state index in [1.165, 1.54) is 32.4 Å². The standard InChI is InChI=1S/C25H23N2S3.C15H28O2.Ir/c1-14-12-30-19-7-5-6-17(20(14)19)22-23(28)21(26-13-27-22)16-10-15-8-9-29-24(15)18(11-16)25(2,3)4;1-7-14(5,8-2)12(16)11-13(17)15(6,9-3)10-4;/h5-9,11,13-14,28H,12H2,1-4H3;11,16H,7-10H2,1-6H3;/q-1;;/b;12-11-;. The average molecular weight is 880 g/mol. The number of hydrogen-bond donors (Lipinski definition) is 2. The average Bonchev–Trinajstić information content (AvgIpc) is 3.70. The van der Waals surface area contributed by atoms with Crippen LogP contribution in [-0.4, -0.2) is 26.6 Å². The van der Waals surface area contributed by atoms with E-state index in [2.05, 4.69) is 79.4 Å². The largest absolute Gasteiger partial charge is 0.512 e. The molecule has 48 heavy (non-hydrogen) atoms. The molecule has 4 nitrogen and oxygen atoms in total. The zero-order chi connectivity index (χ0) is 34.7. The van der Waals surface area contributed by atoms with Crippen LogP contribution < -0.4 is 0 Å². The van der Waals surface area contributed by atoms with Crippen molar-refractivity contribution in [1.82, 2.24) is 9.97 Å². The molecule has 0 fully saturated rings. The Kier molecular flexibility index (Phi) is 13.8. The van der Waals surface area contributed by atoms with Gasteiger partial charge in [0.15, 0.2) is 5.78 Å². The molecule has 1 aliphatic rings. The Morgan fingerprint density at radius 2 is 1.62 bits per heavy atom. The molecule has 1 radical (unpaired) electrons. The molecule has 5 rings (SSSR count). The number of thiophene rings is 1. The molecule has 0 amide bonds. The van der Waals surface area contributed by atoms with E-state index in [0.717, 1.165) is 58.7 Å². The van der Waals surface area contributed by atoms with E-state index in [0.29, 0.717) is 5.92 Å². The minimum atomic E-state index is -0.337. The first-order valence-corrected chi connectivity index (χ1v) is 19.1. The number of aliphatic hydroxyl groups excluding tert-OH is 1. The first kappa shape index (κ1) is 40.5. The number of thioether (sulfide) groups is 1. The third kappa shape index (κ3) is 8.32. The summed E-state index contributed by atoms with van der Waals surface area (Å²) in [6.07, 6.45) is 6.42. The van der Waals surface area contributed by atoms with Gasteiger partial charge in [-0.3, -0.25) is 9.78 Å². The minimum absolute atomic E-state index is 0. The van der Waals surface area contributed by atoms with Crippen LogP contribution in [0.2, 0.25) is 0 Å². The van der Waals surface area contributed by atoms with E-state index < -0.39 is 0 Å². The minimum Gasteiger partial charge on any atom is -0.512 e. The summed E-state index contributed by atoms with van der Waals surface area (Å²) in [6, 6.07) is 14.5. The van der Waals surface area contributed by atoms with E-state index >= 15 is 0 Å². The van der Waals surface area contributed by atoms with Gasteiger partial charge in [0.25, 0.3) is 0 Å². The SMILES string of the molecule is CC1CSc2cccc(-c3ncnc(-c4[c-]c5ccsc5c(C(C)(C)C)c4)c3S)c21.CCC(C)(CC)C(=O)/C=C(\O)C(C)(CC)CC.[Ir]. The number of aromatic nitrogens is 2. The molecule has 261 valence electrons. The van der Waals surface area contributed by atoms with Crippen LogP contribution in [-0.2, 0) is 30.3 Å². The summed E-state index contributed by atoms with van der Waals surface area (Å²) in [4.78, 5) is 23.7. The van der Waals surface area contributed by atoms with E-state index in [-0.39, 0.29) is 47.9 Å². The number of benzene rings is 2. The number of thiol groups is 1. The molecular weight excluding hydrogens is 829 g/mol. The maximum Gasteiger partial charge on any atom is 0.164 e. The Balaban J connectivity index is 0.000000301. The summed E-state index contributed by atoms with van der Waals surface area (Å²) < 4.78 is 1.30. The maximum absolute atomic E-state index is 12.2. The monoisotopic (exact) mass is 880 g/mol. The van der Waals surface area contributed by atoms with Crippen molar-refractivity contribution in [2.45, 2.75) is 116 Å². The number of nitrogens with zero attached hydrogens (tertiary/aromatic N) is 2. The molecule has 1 aliphatic heterocycles. The molecule has 0 saturated heterocycles. The molecule has 2 aromatic carbocycles. The van der Waals surface area contributed by atoms with Gasteiger partial charge in [0.05, 0.1) is 5.69 Å². The van der Waals surface area contributed by atoms with Crippen LogP contribution in [0.1, 0.15) is 112 Å². The fourth-order valence-electron chi connectivity index (χ4n) is 5.83. The van der Waals surface area contributed by atoms with Crippen LogP contribution in [0.4, 0.5) is 0 Å². The normalized spacial score (nSPS) is 15.1. The zero-order valence-electron chi connectivity index (χ0n) is 30.1. The Bertz CT molecular complexity index is 1760. The molecule has 0 bridgehead atoms. The molecule has 3 heterocycles. The van der Waals surface area contributed by atoms with Crippen LogP contribution in [0.3, 0.4) is 0 Å². The Labute approximate surface area is 315 Å². The molecule has 0 aliphatic carbocycles. The number of ketones is 1. The molecular formula is C40H51IrN2O2S3-. The van der Waals surface area contributed by atoms with Gasteiger partial charge in [-0.2, -0.15) is 11.3 Å². The number of carbonyl (C=O) groups excluding carboxylic acids is 1. The van der Waals surface area contributed by atoms with Gasteiger partial charge >= 0.3 is 0 Å². The second kappa shape index (κ2) is 16.4. The third-order valence-electron chi connectivity index (χ3n) is 10.3. The molecule has 1 atom stereocenters. The van der Waals surface area contributed by atoms with Crippen molar-refractivity contribution in [3.05, 3.63) is 71.1 Å². The van der Waals surface area contributed by atoms with Gasteiger partial charge in [0.2, 0.25) is 0 Å². The molecule has 1 unspecified atom stereocenters. The van der Waals surface area contributed by atoms with Gasteiger partial charge in [0, 0.05) is 63.8 Å².